The van der Waals surface area contributed by atoms with Crippen LogP contribution in [0.1, 0.15) is 17.9 Å². The summed E-state index contributed by atoms with van der Waals surface area (Å²) in [5, 5.41) is 3.35. The van der Waals surface area contributed by atoms with Crippen molar-refractivity contribution in [3.05, 3.63) is 28.5 Å². The molecule has 12 heavy (non-hydrogen) atoms. The van der Waals surface area contributed by atoms with Crippen LogP contribution < -0.4 is 5.32 Å². The summed E-state index contributed by atoms with van der Waals surface area (Å²) in [6, 6.07) is 4.21. The first-order chi connectivity index (χ1) is 5.86. The van der Waals surface area contributed by atoms with Crippen molar-refractivity contribution in [2.75, 3.05) is 13.1 Å². The highest BCUT2D eigenvalue weighted by Gasteiger charge is 2.16. The number of hydrogen-bond acceptors (Lipinski definition) is 2. The number of pyridine rings is 1. The minimum Gasteiger partial charge on any atom is -0.316 e. The Kier molecular flexibility index (Phi) is 2.42. The normalized spacial score (nSPS) is 22.9. The van der Waals surface area contributed by atoms with E-state index in [0.717, 1.165) is 17.7 Å². The molecule has 1 atom stereocenters. The quantitative estimate of drug-likeness (QED) is 0.741. The van der Waals surface area contributed by atoms with Gasteiger partial charge in [-0.25, -0.2) is 4.98 Å². The Bertz CT molecular complexity index is 269. The Labute approximate surface area is 80.5 Å². The molecular weight excluding hydrogens is 216 g/mol. The molecule has 0 saturated carbocycles. The van der Waals surface area contributed by atoms with Gasteiger partial charge in [-0.2, -0.15) is 0 Å². The summed E-state index contributed by atoms with van der Waals surface area (Å²) in [6.07, 6.45) is 3.11. The fraction of sp³-hybridized carbons (Fsp3) is 0.444. The number of halogens is 1. The van der Waals surface area contributed by atoms with Gasteiger partial charge in [-0.3, -0.25) is 0 Å². The maximum atomic E-state index is 4.11. The minimum atomic E-state index is 0.685. The van der Waals surface area contributed by atoms with Crippen LogP contribution in [0.15, 0.2) is 22.9 Å². The first-order valence-electron chi connectivity index (χ1n) is 4.18. The zero-order valence-corrected chi connectivity index (χ0v) is 8.34. The van der Waals surface area contributed by atoms with E-state index >= 15 is 0 Å². The van der Waals surface area contributed by atoms with Gasteiger partial charge < -0.3 is 5.32 Å². The largest absolute Gasteiger partial charge is 0.316 e. The Morgan fingerprint density at radius 2 is 2.50 bits per heavy atom. The van der Waals surface area contributed by atoms with Gasteiger partial charge >= 0.3 is 0 Å². The Hall–Kier alpha value is -0.410. The zero-order valence-electron chi connectivity index (χ0n) is 6.76. The van der Waals surface area contributed by atoms with E-state index in [1.807, 2.05) is 6.20 Å². The maximum Gasteiger partial charge on any atom is 0.106 e. The molecular formula is C9H11BrN2. The lowest BCUT2D eigenvalue weighted by atomic mass is 10.0. The van der Waals surface area contributed by atoms with E-state index in [1.54, 1.807) is 0 Å². The van der Waals surface area contributed by atoms with Crippen LogP contribution in [0.5, 0.6) is 0 Å². The van der Waals surface area contributed by atoms with Crippen molar-refractivity contribution in [3.63, 3.8) is 0 Å². The summed E-state index contributed by atoms with van der Waals surface area (Å²) in [5.74, 6) is 0.685. The summed E-state index contributed by atoms with van der Waals surface area (Å²) >= 11 is 3.38. The summed E-state index contributed by atoms with van der Waals surface area (Å²) in [5.41, 5.74) is 1.39. The van der Waals surface area contributed by atoms with Crippen molar-refractivity contribution < 1.29 is 0 Å². The third-order valence-electron chi connectivity index (χ3n) is 2.28. The van der Waals surface area contributed by atoms with Crippen LogP contribution in [-0.2, 0) is 0 Å². The highest BCUT2D eigenvalue weighted by atomic mass is 79.9. The predicted octanol–water partition coefficient (Wildman–Crippen LogP) is 1.92. The molecule has 1 aromatic heterocycles. The van der Waals surface area contributed by atoms with Crippen molar-refractivity contribution in [1.29, 1.82) is 0 Å². The molecule has 1 fully saturated rings. The van der Waals surface area contributed by atoms with Crippen LogP contribution in [0.3, 0.4) is 0 Å². The van der Waals surface area contributed by atoms with Gasteiger partial charge in [0.1, 0.15) is 4.60 Å². The standard InChI is InChI=1S/C9H11BrN2/c10-9-5-7(2-4-12-9)8-1-3-11-6-8/h2,4-5,8,11H,1,3,6H2. The van der Waals surface area contributed by atoms with Crippen molar-refractivity contribution >= 4 is 15.9 Å². The molecule has 1 unspecified atom stereocenters. The first-order valence-corrected chi connectivity index (χ1v) is 4.98. The van der Waals surface area contributed by atoms with E-state index in [0.29, 0.717) is 5.92 Å². The van der Waals surface area contributed by atoms with Crippen molar-refractivity contribution in [1.82, 2.24) is 10.3 Å². The lowest BCUT2D eigenvalue weighted by Crippen LogP contribution is -2.07. The molecule has 0 aliphatic carbocycles. The molecule has 1 N–H and O–H groups in total. The molecule has 1 aromatic rings. The highest BCUT2D eigenvalue weighted by molar-refractivity contribution is 9.10. The molecule has 0 spiro atoms. The van der Waals surface area contributed by atoms with E-state index in [1.165, 1.54) is 12.0 Å². The van der Waals surface area contributed by atoms with E-state index in [2.05, 4.69) is 38.4 Å². The molecule has 0 radical (unpaired) electrons. The number of rotatable bonds is 1. The van der Waals surface area contributed by atoms with Gasteiger partial charge in [0.05, 0.1) is 0 Å². The topological polar surface area (TPSA) is 24.9 Å². The number of aromatic nitrogens is 1. The second-order valence-corrected chi connectivity index (χ2v) is 3.91. The van der Waals surface area contributed by atoms with Crippen LogP contribution in [0.25, 0.3) is 0 Å². The zero-order chi connectivity index (χ0) is 8.39. The van der Waals surface area contributed by atoms with Crippen molar-refractivity contribution in [2.24, 2.45) is 0 Å². The lowest BCUT2D eigenvalue weighted by molar-refractivity contribution is 0.760. The summed E-state index contributed by atoms with van der Waals surface area (Å²) < 4.78 is 0.937. The SMILES string of the molecule is Brc1cc(C2CCNC2)ccn1. The molecule has 64 valence electrons. The Balaban J connectivity index is 2.21. The summed E-state index contributed by atoms with van der Waals surface area (Å²) in [4.78, 5) is 4.11. The van der Waals surface area contributed by atoms with Gasteiger partial charge in [-0.05, 0) is 52.5 Å². The molecule has 3 heteroatoms. The van der Waals surface area contributed by atoms with Crippen LogP contribution in [0.2, 0.25) is 0 Å². The van der Waals surface area contributed by atoms with Crippen LogP contribution in [0.4, 0.5) is 0 Å². The van der Waals surface area contributed by atoms with Gasteiger partial charge in [0.15, 0.2) is 0 Å². The molecule has 0 aromatic carbocycles. The van der Waals surface area contributed by atoms with Crippen LogP contribution in [0, 0.1) is 0 Å². The van der Waals surface area contributed by atoms with E-state index in [-0.39, 0.29) is 0 Å². The lowest BCUT2D eigenvalue weighted by Gasteiger charge is -2.07. The average molecular weight is 227 g/mol. The van der Waals surface area contributed by atoms with Crippen molar-refractivity contribution in [3.8, 4) is 0 Å². The Morgan fingerprint density at radius 3 is 3.17 bits per heavy atom. The third kappa shape index (κ3) is 1.67. The molecule has 1 aliphatic rings. The van der Waals surface area contributed by atoms with Gasteiger partial charge in [0, 0.05) is 12.7 Å². The number of nitrogens with zero attached hydrogens (tertiary/aromatic N) is 1. The van der Waals surface area contributed by atoms with Crippen LogP contribution >= 0.6 is 15.9 Å². The number of hydrogen-bond donors (Lipinski definition) is 1. The van der Waals surface area contributed by atoms with Crippen LogP contribution in [-0.4, -0.2) is 18.1 Å². The molecule has 0 bridgehead atoms. The smallest absolute Gasteiger partial charge is 0.106 e. The van der Waals surface area contributed by atoms with Gasteiger partial charge in [-0.15, -0.1) is 0 Å². The van der Waals surface area contributed by atoms with Gasteiger partial charge in [0.25, 0.3) is 0 Å². The molecule has 2 nitrogen and oxygen atoms in total. The second kappa shape index (κ2) is 3.54. The fourth-order valence-corrected chi connectivity index (χ4v) is 1.99. The second-order valence-electron chi connectivity index (χ2n) is 3.10. The van der Waals surface area contributed by atoms with Gasteiger partial charge in [0.2, 0.25) is 0 Å². The number of nitrogens with one attached hydrogen (secondary N) is 1. The summed E-state index contributed by atoms with van der Waals surface area (Å²) in [7, 11) is 0. The summed E-state index contributed by atoms with van der Waals surface area (Å²) in [6.45, 7) is 2.25. The molecule has 0 amide bonds. The molecule has 2 rings (SSSR count). The fourth-order valence-electron chi connectivity index (χ4n) is 1.61. The highest BCUT2D eigenvalue weighted by Crippen LogP contribution is 2.23. The van der Waals surface area contributed by atoms with Gasteiger partial charge in [-0.1, -0.05) is 0 Å². The average Bonchev–Trinajstić information content (AvgIpc) is 2.56. The first kappa shape index (κ1) is 8.20. The van der Waals surface area contributed by atoms with Crippen molar-refractivity contribution in [2.45, 2.75) is 12.3 Å². The predicted molar refractivity (Wildman–Crippen MR) is 52.2 cm³/mol. The van der Waals surface area contributed by atoms with E-state index < -0.39 is 0 Å². The third-order valence-corrected chi connectivity index (χ3v) is 2.72. The molecule has 1 aliphatic heterocycles. The maximum absolute atomic E-state index is 4.11. The minimum absolute atomic E-state index is 0.685. The molecule has 2 heterocycles. The molecule has 1 saturated heterocycles. The monoisotopic (exact) mass is 226 g/mol. The Morgan fingerprint density at radius 1 is 1.58 bits per heavy atom. The van der Waals surface area contributed by atoms with E-state index in [4.69, 9.17) is 0 Å². The van der Waals surface area contributed by atoms with E-state index in [9.17, 15) is 0 Å².